The van der Waals surface area contributed by atoms with Gasteiger partial charge >= 0.3 is 0 Å². The summed E-state index contributed by atoms with van der Waals surface area (Å²) in [5, 5.41) is 9.72. The minimum absolute atomic E-state index is 0.237. The molecule has 0 aliphatic carbocycles. The number of methoxy groups -OCH3 is 1. The first kappa shape index (κ1) is 25.5. The topological polar surface area (TPSA) is 79.7 Å². The maximum absolute atomic E-state index is 12.8. The summed E-state index contributed by atoms with van der Waals surface area (Å²) in [5.41, 5.74) is 5.02. The van der Waals surface area contributed by atoms with Crippen molar-refractivity contribution in [3.05, 3.63) is 65.7 Å². The molecule has 200 valence electrons. The van der Waals surface area contributed by atoms with Crippen LogP contribution in [0, 0.1) is 0 Å². The van der Waals surface area contributed by atoms with Crippen molar-refractivity contribution in [2.75, 3.05) is 45.2 Å². The average molecular weight is 542 g/mol. The van der Waals surface area contributed by atoms with Crippen molar-refractivity contribution in [2.45, 2.75) is 30.2 Å². The Morgan fingerprint density at radius 2 is 1.62 bits per heavy atom. The highest BCUT2D eigenvalue weighted by Gasteiger charge is 2.35. The molecule has 1 N–H and O–H groups in total. The third kappa shape index (κ3) is 4.26. The second kappa shape index (κ2) is 10.4. The van der Waals surface area contributed by atoms with Crippen LogP contribution >= 0.6 is 11.8 Å². The predicted molar refractivity (Wildman–Crippen MR) is 154 cm³/mol. The average Bonchev–Trinajstić information content (AvgIpc) is 3.46. The number of benzene rings is 3. The molecule has 3 aromatic carbocycles. The fourth-order valence-electron chi connectivity index (χ4n) is 5.44. The van der Waals surface area contributed by atoms with Crippen molar-refractivity contribution in [3.63, 3.8) is 0 Å². The van der Waals surface area contributed by atoms with Crippen molar-refractivity contribution < 1.29 is 14.3 Å². The normalized spacial score (nSPS) is 13.8. The highest BCUT2D eigenvalue weighted by molar-refractivity contribution is 8.00. The number of fused-ring (bicyclic) bond motifs is 3. The molecule has 0 fully saturated rings. The number of carbonyl (C=O) groups is 2. The molecule has 6 rings (SSSR count). The van der Waals surface area contributed by atoms with Crippen LogP contribution in [0.3, 0.4) is 0 Å². The monoisotopic (exact) mass is 541 g/mol. The Morgan fingerprint density at radius 1 is 0.897 bits per heavy atom. The molecule has 9 heteroatoms. The third-order valence-electron chi connectivity index (χ3n) is 7.58. The number of hydrogen-bond acceptors (Lipinski definition) is 7. The van der Waals surface area contributed by atoms with Crippen molar-refractivity contribution in [3.8, 4) is 17.0 Å². The van der Waals surface area contributed by atoms with Crippen LogP contribution in [0.25, 0.3) is 22.2 Å². The third-order valence-corrected chi connectivity index (χ3v) is 8.83. The number of aromatic nitrogens is 2. The summed E-state index contributed by atoms with van der Waals surface area (Å²) in [7, 11) is 1.69. The lowest BCUT2D eigenvalue weighted by Crippen LogP contribution is -2.34. The largest absolute Gasteiger partial charge is 0.496 e. The second-order valence-electron chi connectivity index (χ2n) is 9.61. The van der Waals surface area contributed by atoms with Gasteiger partial charge in [0.2, 0.25) is 0 Å². The zero-order chi connectivity index (χ0) is 27.1. The van der Waals surface area contributed by atoms with Gasteiger partial charge < -0.3 is 15.0 Å². The highest BCUT2D eigenvalue weighted by Crippen LogP contribution is 2.53. The van der Waals surface area contributed by atoms with Crippen molar-refractivity contribution in [1.29, 1.82) is 0 Å². The van der Waals surface area contributed by atoms with Gasteiger partial charge in [0.15, 0.2) is 0 Å². The van der Waals surface area contributed by atoms with Crippen LogP contribution in [0.2, 0.25) is 0 Å². The highest BCUT2D eigenvalue weighted by atomic mass is 32.2. The molecule has 4 aromatic rings. The molecule has 2 aliphatic rings. The number of carbonyl (C=O) groups excluding carboxylic acids is 2. The summed E-state index contributed by atoms with van der Waals surface area (Å²) in [5.74, 6) is 0.341. The molecule has 0 bridgehead atoms. The Kier molecular flexibility index (Phi) is 6.78. The Morgan fingerprint density at radius 3 is 2.31 bits per heavy atom. The number of rotatable bonds is 10. The van der Waals surface area contributed by atoms with Gasteiger partial charge in [-0.3, -0.25) is 19.2 Å². The molecular weight excluding hydrogens is 510 g/mol. The van der Waals surface area contributed by atoms with E-state index in [0.717, 1.165) is 69.6 Å². The molecule has 39 heavy (non-hydrogen) atoms. The van der Waals surface area contributed by atoms with Gasteiger partial charge in [-0.25, -0.2) is 0 Å². The van der Waals surface area contributed by atoms with Crippen molar-refractivity contribution in [2.24, 2.45) is 0 Å². The Bertz CT molecular complexity index is 1560. The summed E-state index contributed by atoms with van der Waals surface area (Å²) >= 11 is 1.67. The van der Waals surface area contributed by atoms with E-state index in [-0.39, 0.29) is 18.4 Å². The molecule has 0 saturated carbocycles. The van der Waals surface area contributed by atoms with E-state index in [9.17, 15) is 9.59 Å². The van der Waals surface area contributed by atoms with Crippen LogP contribution in [0.4, 0.5) is 5.69 Å². The first-order valence-corrected chi connectivity index (χ1v) is 14.2. The van der Waals surface area contributed by atoms with Crippen LogP contribution in [0.1, 0.15) is 34.6 Å². The molecule has 0 spiro atoms. The lowest BCUT2D eigenvalue weighted by molar-refractivity contribution is 0.0660. The molecule has 8 nitrogen and oxygen atoms in total. The van der Waals surface area contributed by atoms with E-state index < -0.39 is 0 Å². The summed E-state index contributed by atoms with van der Waals surface area (Å²) in [4.78, 5) is 31.5. The number of hydrogen-bond donors (Lipinski definition) is 1. The quantitative estimate of drug-likeness (QED) is 0.243. The maximum atomic E-state index is 12.8. The minimum Gasteiger partial charge on any atom is -0.496 e. The fourth-order valence-corrected chi connectivity index (χ4v) is 6.72. The molecular formula is C30H31N5O3S. The molecule has 2 aliphatic heterocycles. The molecule has 0 saturated heterocycles. The molecule has 0 radical (unpaired) electrons. The fraction of sp³-hybridized carbons (Fsp3) is 0.300. The van der Waals surface area contributed by atoms with Crippen LogP contribution in [-0.4, -0.2) is 71.2 Å². The van der Waals surface area contributed by atoms with E-state index in [1.54, 1.807) is 43.1 Å². The van der Waals surface area contributed by atoms with E-state index in [1.165, 1.54) is 4.90 Å². The molecule has 0 atom stereocenters. The number of nitrogens with zero attached hydrogens (tertiary/aromatic N) is 4. The molecule has 1 aromatic heterocycles. The summed E-state index contributed by atoms with van der Waals surface area (Å²) < 4.78 is 7.83. The number of ether oxygens (including phenoxy) is 1. The number of imide groups is 1. The zero-order valence-corrected chi connectivity index (χ0v) is 23.2. The second-order valence-corrected chi connectivity index (χ2v) is 10.6. The van der Waals surface area contributed by atoms with Crippen molar-refractivity contribution >= 4 is 40.2 Å². The number of anilines is 1. The SMILES string of the molecule is CCN(CC)CCn1nc2c3c(c(NCCN4C(=O)c5ccccc5C4=O)ccc31)Sc1c(OC)cccc1-2. The van der Waals surface area contributed by atoms with Gasteiger partial charge in [0, 0.05) is 41.2 Å². The lowest BCUT2D eigenvalue weighted by Gasteiger charge is -2.21. The summed E-state index contributed by atoms with van der Waals surface area (Å²) in [6.07, 6.45) is 0. The van der Waals surface area contributed by atoms with Gasteiger partial charge in [0.05, 0.1) is 35.2 Å². The summed E-state index contributed by atoms with van der Waals surface area (Å²) in [6, 6.07) is 17.3. The molecule has 3 heterocycles. The standard InChI is InChI=1S/C30H31N5O3S/c1-4-33(5-2)17-18-35-23-14-13-22(31-15-16-34-29(36)19-9-6-7-10-20(19)30(34)37)28-25(23)26(32-35)21-11-8-12-24(38-3)27(21)39-28/h6-14,31H,4-5,15-18H2,1-3H3. The Balaban J connectivity index is 1.32. The van der Waals surface area contributed by atoms with Crippen molar-refractivity contribution in [1.82, 2.24) is 19.6 Å². The molecule has 2 amide bonds. The van der Waals surface area contributed by atoms with Gasteiger partial charge in [-0.05, 0) is 43.4 Å². The van der Waals surface area contributed by atoms with E-state index in [0.29, 0.717) is 17.7 Å². The van der Waals surface area contributed by atoms with Crippen LogP contribution in [-0.2, 0) is 6.54 Å². The summed E-state index contributed by atoms with van der Waals surface area (Å²) in [6.45, 7) is 8.82. The van der Waals surface area contributed by atoms with Crippen LogP contribution in [0.15, 0.2) is 64.4 Å². The van der Waals surface area contributed by atoms with Gasteiger partial charge in [-0.15, -0.1) is 0 Å². The zero-order valence-electron chi connectivity index (χ0n) is 22.4. The van der Waals surface area contributed by atoms with Gasteiger partial charge in [0.1, 0.15) is 11.4 Å². The first-order valence-electron chi connectivity index (χ1n) is 13.4. The number of amides is 2. The number of likely N-dealkylation sites (N-methyl/N-ethyl adjacent to an activating group) is 1. The smallest absolute Gasteiger partial charge is 0.261 e. The van der Waals surface area contributed by atoms with E-state index >= 15 is 0 Å². The lowest BCUT2D eigenvalue weighted by atomic mass is 10.1. The minimum atomic E-state index is -0.237. The predicted octanol–water partition coefficient (Wildman–Crippen LogP) is 5.23. The Hall–Kier alpha value is -3.82. The van der Waals surface area contributed by atoms with Crippen LogP contribution < -0.4 is 10.1 Å². The van der Waals surface area contributed by atoms with Crippen LogP contribution in [0.5, 0.6) is 5.75 Å². The first-order chi connectivity index (χ1) is 19.0. The van der Waals surface area contributed by atoms with E-state index in [2.05, 4.69) is 46.9 Å². The maximum Gasteiger partial charge on any atom is 0.261 e. The van der Waals surface area contributed by atoms with Gasteiger partial charge in [0.25, 0.3) is 11.8 Å². The number of nitrogens with one attached hydrogen (secondary N) is 1. The van der Waals surface area contributed by atoms with E-state index in [4.69, 9.17) is 9.84 Å². The van der Waals surface area contributed by atoms with E-state index in [1.807, 2.05) is 12.1 Å². The molecule has 0 unspecified atom stereocenters. The Labute approximate surface area is 231 Å². The van der Waals surface area contributed by atoms with Gasteiger partial charge in [-0.1, -0.05) is 49.9 Å². The van der Waals surface area contributed by atoms with Gasteiger partial charge in [-0.2, -0.15) is 5.10 Å².